The van der Waals surface area contributed by atoms with Crippen LogP contribution in [-0.4, -0.2) is 45.1 Å². The van der Waals surface area contributed by atoms with Gasteiger partial charge in [0.05, 0.1) is 17.1 Å². The number of ether oxygens (including phenoxy) is 1. The van der Waals surface area contributed by atoms with Crippen LogP contribution in [0.25, 0.3) is 0 Å². The molecule has 3 N–H and O–H groups in total. The van der Waals surface area contributed by atoms with Crippen molar-refractivity contribution in [2.45, 2.75) is 97.4 Å². The van der Waals surface area contributed by atoms with E-state index in [1.54, 1.807) is 13.8 Å². The SMILES string of the molecule is CC(=CCC1OC(=O)C=C1C)CC[C@@H]1[C@@]2(C)CCC[C@@](C)(C(=O)O)[C@@H]2[C@@H](O)C[C@@]1(C)O. The molecule has 6 nitrogen and oxygen atoms in total. The fourth-order valence-electron chi connectivity index (χ4n) is 6.97. The maximum absolute atomic E-state index is 12.2. The topological polar surface area (TPSA) is 104 Å². The predicted molar refractivity (Wildman–Crippen MR) is 117 cm³/mol. The fourth-order valence-corrected chi connectivity index (χ4v) is 6.97. The molecule has 2 saturated carbocycles. The maximum atomic E-state index is 12.2. The number of cyclic esters (lactones) is 1. The van der Waals surface area contributed by atoms with Crippen LogP contribution in [0.15, 0.2) is 23.3 Å². The van der Waals surface area contributed by atoms with Crippen molar-refractivity contribution in [1.82, 2.24) is 0 Å². The van der Waals surface area contributed by atoms with Gasteiger partial charge in [-0.3, -0.25) is 4.79 Å². The van der Waals surface area contributed by atoms with Crippen molar-refractivity contribution in [1.29, 1.82) is 0 Å². The Morgan fingerprint density at radius 2 is 1.97 bits per heavy atom. The standard InChI is InChI=1S/C25H38O6/c1-15(7-9-18-16(2)13-20(27)31-18)8-10-19-23(3)11-6-12-24(4,22(28)29)21(23)17(26)14-25(19,5)30/h7,13,17-19,21,26,30H,6,8-12,14H2,1-5H3,(H,28,29)/t17-,18?,19+,21+,23+,24+,25+/m0/s1. The molecule has 3 aliphatic rings. The molecule has 0 amide bonds. The zero-order chi connectivity index (χ0) is 23.2. The second-order valence-electron chi connectivity index (χ2n) is 10.9. The highest BCUT2D eigenvalue weighted by Crippen LogP contribution is 2.63. The van der Waals surface area contributed by atoms with E-state index in [1.165, 1.54) is 6.08 Å². The Balaban J connectivity index is 1.77. The van der Waals surface area contributed by atoms with Gasteiger partial charge in [-0.2, -0.15) is 0 Å². The van der Waals surface area contributed by atoms with E-state index >= 15 is 0 Å². The minimum Gasteiger partial charge on any atom is -0.481 e. The van der Waals surface area contributed by atoms with Gasteiger partial charge in [0.1, 0.15) is 6.10 Å². The molecule has 1 heterocycles. The number of aliphatic hydroxyl groups excluding tert-OH is 1. The summed E-state index contributed by atoms with van der Waals surface area (Å²) in [7, 11) is 0. The predicted octanol–water partition coefficient (Wildman–Crippen LogP) is 4.00. The molecule has 0 bridgehead atoms. The molecule has 0 aromatic rings. The Morgan fingerprint density at radius 3 is 2.55 bits per heavy atom. The van der Waals surface area contributed by atoms with E-state index in [9.17, 15) is 24.9 Å². The number of carbonyl (C=O) groups is 2. The van der Waals surface area contributed by atoms with Crippen molar-refractivity contribution in [3.8, 4) is 0 Å². The number of aliphatic hydroxyl groups is 2. The van der Waals surface area contributed by atoms with Gasteiger partial charge in [0.2, 0.25) is 0 Å². The highest BCUT2D eigenvalue weighted by molar-refractivity contribution is 5.85. The van der Waals surface area contributed by atoms with Crippen LogP contribution in [0, 0.1) is 22.7 Å². The van der Waals surface area contributed by atoms with Crippen molar-refractivity contribution in [2.75, 3.05) is 0 Å². The van der Waals surface area contributed by atoms with Gasteiger partial charge in [-0.1, -0.05) is 25.0 Å². The summed E-state index contributed by atoms with van der Waals surface area (Å²) in [5.74, 6) is -1.63. The maximum Gasteiger partial charge on any atom is 0.331 e. The van der Waals surface area contributed by atoms with Gasteiger partial charge in [-0.15, -0.1) is 0 Å². The van der Waals surface area contributed by atoms with E-state index in [-0.39, 0.29) is 30.3 Å². The van der Waals surface area contributed by atoms with Crippen LogP contribution >= 0.6 is 0 Å². The molecule has 1 aliphatic heterocycles. The molecule has 6 heteroatoms. The molecule has 2 fully saturated rings. The lowest BCUT2D eigenvalue weighted by Crippen LogP contribution is -2.64. The lowest BCUT2D eigenvalue weighted by atomic mass is 9.44. The van der Waals surface area contributed by atoms with E-state index in [1.807, 2.05) is 13.8 Å². The van der Waals surface area contributed by atoms with Crippen molar-refractivity contribution in [3.63, 3.8) is 0 Å². The molecule has 0 radical (unpaired) electrons. The van der Waals surface area contributed by atoms with Gasteiger partial charge < -0.3 is 20.1 Å². The molecule has 0 spiro atoms. The number of allylic oxidation sites excluding steroid dienone is 1. The summed E-state index contributed by atoms with van der Waals surface area (Å²) in [6, 6.07) is 0. The number of aliphatic carboxylic acids is 1. The molecule has 31 heavy (non-hydrogen) atoms. The highest BCUT2D eigenvalue weighted by Gasteiger charge is 2.64. The van der Waals surface area contributed by atoms with Crippen LogP contribution < -0.4 is 0 Å². The Hall–Kier alpha value is -1.66. The average molecular weight is 435 g/mol. The van der Waals surface area contributed by atoms with Gasteiger partial charge in [-0.25, -0.2) is 4.79 Å². The number of rotatable bonds is 6. The molecule has 0 saturated heterocycles. The van der Waals surface area contributed by atoms with Crippen molar-refractivity contribution in [2.24, 2.45) is 22.7 Å². The summed E-state index contributed by atoms with van der Waals surface area (Å²) in [5, 5.41) is 32.3. The van der Waals surface area contributed by atoms with Crippen LogP contribution in [0.3, 0.4) is 0 Å². The number of esters is 1. The Kier molecular flexibility index (Phi) is 6.47. The van der Waals surface area contributed by atoms with Gasteiger partial charge in [-0.05, 0) is 70.3 Å². The third kappa shape index (κ3) is 4.34. The zero-order valence-electron chi connectivity index (χ0n) is 19.5. The van der Waals surface area contributed by atoms with Crippen molar-refractivity contribution < 1.29 is 29.6 Å². The van der Waals surface area contributed by atoms with Crippen LogP contribution in [0.2, 0.25) is 0 Å². The number of carbonyl (C=O) groups excluding carboxylic acids is 1. The summed E-state index contributed by atoms with van der Waals surface area (Å²) >= 11 is 0. The zero-order valence-corrected chi connectivity index (χ0v) is 19.5. The first-order valence-corrected chi connectivity index (χ1v) is 11.5. The molecule has 174 valence electrons. The Morgan fingerprint density at radius 1 is 1.29 bits per heavy atom. The van der Waals surface area contributed by atoms with Crippen molar-refractivity contribution in [3.05, 3.63) is 23.3 Å². The first-order chi connectivity index (χ1) is 14.3. The molecule has 0 aromatic heterocycles. The molecule has 1 unspecified atom stereocenters. The summed E-state index contributed by atoms with van der Waals surface area (Å²) in [6.07, 6.45) is 7.06. The smallest absolute Gasteiger partial charge is 0.331 e. The number of carboxylic acid groups (broad SMARTS) is 1. The first kappa shape index (κ1) is 24.0. The molecule has 7 atom stereocenters. The third-order valence-electron chi connectivity index (χ3n) is 8.47. The summed E-state index contributed by atoms with van der Waals surface area (Å²) in [5.41, 5.74) is -0.393. The van der Waals surface area contributed by atoms with E-state index in [4.69, 9.17) is 4.74 Å². The monoisotopic (exact) mass is 434 g/mol. The number of hydrogen-bond donors (Lipinski definition) is 3. The second kappa shape index (κ2) is 8.36. The third-order valence-corrected chi connectivity index (χ3v) is 8.47. The van der Waals surface area contributed by atoms with E-state index in [2.05, 4.69) is 13.0 Å². The quantitative estimate of drug-likeness (QED) is 0.431. The lowest BCUT2D eigenvalue weighted by Gasteiger charge is -2.62. The summed E-state index contributed by atoms with van der Waals surface area (Å²) in [4.78, 5) is 23.6. The van der Waals surface area contributed by atoms with Crippen LogP contribution in [0.4, 0.5) is 0 Å². The van der Waals surface area contributed by atoms with Gasteiger partial charge in [0.15, 0.2) is 0 Å². The lowest BCUT2D eigenvalue weighted by molar-refractivity contribution is -0.223. The van der Waals surface area contributed by atoms with Gasteiger partial charge in [0.25, 0.3) is 0 Å². The van der Waals surface area contributed by atoms with Crippen LogP contribution in [0.1, 0.15) is 79.6 Å². The number of carboxylic acids is 1. The van der Waals surface area contributed by atoms with E-state index in [0.717, 1.165) is 36.8 Å². The minimum absolute atomic E-state index is 0.110. The molecule has 0 aromatic carbocycles. The largest absolute Gasteiger partial charge is 0.481 e. The minimum atomic E-state index is -1.05. The summed E-state index contributed by atoms with van der Waals surface area (Å²) in [6.45, 7) is 9.57. The van der Waals surface area contributed by atoms with Gasteiger partial charge >= 0.3 is 11.9 Å². The van der Waals surface area contributed by atoms with E-state index in [0.29, 0.717) is 12.8 Å². The molecular weight excluding hydrogens is 396 g/mol. The average Bonchev–Trinajstić information content (AvgIpc) is 2.95. The number of hydrogen-bond acceptors (Lipinski definition) is 5. The first-order valence-electron chi connectivity index (χ1n) is 11.5. The highest BCUT2D eigenvalue weighted by atomic mass is 16.5. The normalized spacial score (nSPS) is 43.3. The molecule has 2 aliphatic carbocycles. The van der Waals surface area contributed by atoms with Crippen molar-refractivity contribution >= 4 is 11.9 Å². The second-order valence-corrected chi connectivity index (χ2v) is 10.9. The number of fused-ring (bicyclic) bond motifs is 1. The van der Waals surface area contributed by atoms with E-state index < -0.39 is 28.5 Å². The fraction of sp³-hybridized carbons (Fsp3) is 0.760. The van der Waals surface area contributed by atoms with Crippen LogP contribution in [0.5, 0.6) is 0 Å². The van der Waals surface area contributed by atoms with Gasteiger partial charge in [0, 0.05) is 24.8 Å². The summed E-state index contributed by atoms with van der Waals surface area (Å²) < 4.78 is 5.30. The molecular formula is C25H38O6. The molecule has 3 rings (SSSR count). The van der Waals surface area contributed by atoms with Crippen LogP contribution in [-0.2, 0) is 14.3 Å². The Labute approximate surface area is 185 Å². The Bertz CT molecular complexity index is 796.